The zero-order chi connectivity index (χ0) is 17.8. The fourth-order valence-corrected chi connectivity index (χ4v) is 2.40. The van der Waals surface area contributed by atoms with Gasteiger partial charge in [0.2, 0.25) is 5.95 Å². The Balaban J connectivity index is 1.83. The second-order valence-electron chi connectivity index (χ2n) is 6.36. The van der Waals surface area contributed by atoms with Crippen molar-refractivity contribution in [2.75, 3.05) is 17.2 Å². The first-order chi connectivity index (χ1) is 12.0. The number of nitrogens with one attached hydrogen (secondary N) is 3. The molecule has 0 amide bonds. The van der Waals surface area contributed by atoms with Crippen molar-refractivity contribution in [2.24, 2.45) is 5.92 Å². The Morgan fingerprint density at radius 2 is 1.96 bits per heavy atom. The fraction of sp³-hybridized carbons (Fsp3) is 0.333. The molecule has 2 aromatic heterocycles. The third-order valence-electron chi connectivity index (χ3n) is 3.84. The number of Topliss-reactive ketones (excluding diaryl/α,β-unsaturated/α-hetero) is 1. The summed E-state index contributed by atoms with van der Waals surface area (Å²) >= 11 is 0. The number of H-pyrrole nitrogens is 1. The van der Waals surface area contributed by atoms with Crippen LogP contribution in [0.2, 0.25) is 0 Å². The summed E-state index contributed by atoms with van der Waals surface area (Å²) in [6.45, 7) is 6.71. The molecule has 0 atom stereocenters. The lowest BCUT2D eigenvalue weighted by molar-refractivity contribution is 0.101. The number of aromatic nitrogens is 4. The Morgan fingerprint density at radius 1 is 1.20 bits per heavy atom. The van der Waals surface area contributed by atoms with E-state index < -0.39 is 0 Å². The third-order valence-corrected chi connectivity index (χ3v) is 3.84. The summed E-state index contributed by atoms with van der Waals surface area (Å²) in [6, 6.07) is 7.29. The minimum Gasteiger partial charge on any atom is -0.354 e. The van der Waals surface area contributed by atoms with Gasteiger partial charge < -0.3 is 15.6 Å². The zero-order valence-electron chi connectivity index (χ0n) is 14.6. The van der Waals surface area contributed by atoms with Crippen LogP contribution in [0.3, 0.4) is 0 Å². The fourth-order valence-electron chi connectivity index (χ4n) is 2.40. The van der Waals surface area contributed by atoms with E-state index in [1.54, 1.807) is 25.4 Å². The predicted molar refractivity (Wildman–Crippen MR) is 99.4 cm³/mol. The van der Waals surface area contributed by atoms with Crippen LogP contribution in [0, 0.1) is 5.92 Å². The highest BCUT2D eigenvalue weighted by Gasteiger charge is 2.10. The summed E-state index contributed by atoms with van der Waals surface area (Å²) in [5.74, 6) is 1.84. The van der Waals surface area contributed by atoms with E-state index in [4.69, 9.17) is 0 Å². The van der Waals surface area contributed by atoms with Crippen molar-refractivity contribution in [3.05, 3.63) is 36.2 Å². The molecule has 0 fully saturated rings. The van der Waals surface area contributed by atoms with Crippen LogP contribution >= 0.6 is 0 Å². The molecular weight excluding hydrogens is 316 g/mol. The van der Waals surface area contributed by atoms with Crippen LogP contribution < -0.4 is 10.6 Å². The maximum atomic E-state index is 11.4. The van der Waals surface area contributed by atoms with Gasteiger partial charge in [-0.2, -0.15) is 9.97 Å². The van der Waals surface area contributed by atoms with E-state index in [9.17, 15) is 4.79 Å². The van der Waals surface area contributed by atoms with E-state index >= 15 is 0 Å². The molecule has 0 bridgehead atoms. The highest BCUT2D eigenvalue weighted by atomic mass is 16.1. The van der Waals surface area contributed by atoms with E-state index in [2.05, 4.69) is 44.4 Å². The largest absolute Gasteiger partial charge is 0.354 e. The first-order valence-electron chi connectivity index (χ1n) is 8.36. The molecule has 0 aliphatic heterocycles. The molecular formula is C18H22N6O. The number of fused-ring (bicyclic) bond motifs is 1. The minimum atomic E-state index is 0.0428. The summed E-state index contributed by atoms with van der Waals surface area (Å²) in [6.07, 6.45) is 2.64. The second kappa shape index (κ2) is 7.29. The first kappa shape index (κ1) is 16.9. The molecule has 0 aliphatic carbocycles. The molecule has 0 spiro atoms. The lowest BCUT2D eigenvalue weighted by Gasteiger charge is -2.10. The van der Waals surface area contributed by atoms with Crippen LogP contribution in [0.1, 0.15) is 37.6 Å². The van der Waals surface area contributed by atoms with Crippen molar-refractivity contribution in [1.82, 2.24) is 19.9 Å². The highest BCUT2D eigenvalue weighted by Crippen LogP contribution is 2.23. The number of hydrogen-bond acceptors (Lipinski definition) is 6. The van der Waals surface area contributed by atoms with E-state index in [1.807, 2.05) is 12.1 Å². The average molecular weight is 338 g/mol. The molecule has 0 saturated carbocycles. The normalized spacial score (nSPS) is 11.0. The summed E-state index contributed by atoms with van der Waals surface area (Å²) in [7, 11) is 0. The van der Waals surface area contributed by atoms with Crippen molar-refractivity contribution >= 4 is 34.4 Å². The van der Waals surface area contributed by atoms with Crippen LogP contribution in [0.4, 0.5) is 17.5 Å². The Bertz CT molecular complexity index is 869. The van der Waals surface area contributed by atoms with Gasteiger partial charge in [-0.25, -0.2) is 4.98 Å². The standard InChI is InChI=1S/C18H22N6O/c1-11(2)8-9-19-18-23-16-15(20-10-21-16)17(24-18)22-14-6-4-13(5-7-14)12(3)25/h4-7,10-11H,8-9H2,1-3H3,(H3,19,20,21,22,23,24). The summed E-state index contributed by atoms with van der Waals surface area (Å²) in [5.41, 5.74) is 2.86. The van der Waals surface area contributed by atoms with Gasteiger partial charge in [-0.15, -0.1) is 0 Å². The first-order valence-corrected chi connectivity index (χ1v) is 8.36. The number of rotatable bonds is 7. The van der Waals surface area contributed by atoms with Crippen LogP contribution in [0.25, 0.3) is 11.2 Å². The number of ketones is 1. The van der Waals surface area contributed by atoms with Crippen LogP contribution in [-0.2, 0) is 0 Å². The molecule has 130 valence electrons. The SMILES string of the molecule is CC(=O)c1ccc(Nc2nc(NCCC(C)C)nc3nc[nH]c23)cc1. The molecule has 7 heteroatoms. The smallest absolute Gasteiger partial charge is 0.226 e. The number of aromatic amines is 1. The maximum Gasteiger partial charge on any atom is 0.226 e. The number of nitrogens with zero attached hydrogens (tertiary/aromatic N) is 3. The second-order valence-corrected chi connectivity index (χ2v) is 6.36. The topological polar surface area (TPSA) is 95.6 Å². The Labute approximate surface area is 146 Å². The van der Waals surface area contributed by atoms with Crippen molar-refractivity contribution in [1.29, 1.82) is 0 Å². The lowest BCUT2D eigenvalue weighted by Crippen LogP contribution is -2.09. The number of carbonyl (C=O) groups excluding carboxylic acids is 1. The molecule has 3 N–H and O–H groups in total. The minimum absolute atomic E-state index is 0.0428. The molecule has 3 aromatic rings. The summed E-state index contributed by atoms with van der Waals surface area (Å²) < 4.78 is 0. The van der Waals surface area contributed by atoms with Crippen molar-refractivity contribution in [2.45, 2.75) is 27.2 Å². The molecule has 25 heavy (non-hydrogen) atoms. The molecule has 7 nitrogen and oxygen atoms in total. The van der Waals surface area contributed by atoms with Crippen molar-refractivity contribution < 1.29 is 4.79 Å². The van der Waals surface area contributed by atoms with Gasteiger partial charge in [0.1, 0.15) is 5.52 Å². The van der Waals surface area contributed by atoms with E-state index in [1.165, 1.54) is 0 Å². The number of hydrogen-bond donors (Lipinski definition) is 3. The molecule has 3 rings (SSSR count). The summed E-state index contributed by atoms with van der Waals surface area (Å²) in [4.78, 5) is 27.6. The molecule has 0 saturated heterocycles. The Kier molecular flexibility index (Phi) is 4.92. The average Bonchev–Trinajstić information content (AvgIpc) is 3.04. The molecule has 0 aliphatic rings. The van der Waals surface area contributed by atoms with Gasteiger partial charge in [-0.1, -0.05) is 13.8 Å². The van der Waals surface area contributed by atoms with Crippen LogP contribution in [-0.4, -0.2) is 32.3 Å². The van der Waals surface area contributed by atoms with E-state index in [-0.39, 0.29) is 5.78 Å². The van der Waals surface area contributed by atoms with Gasteiger partial charge in [-0.3, -0.25) is 4.79 Å². The number of benzene rings is 1. The molecule has 0 radical (unpaired) electrons. The maximum absolute atomic E-state index is 11.4. The van der Waals surface area contributed by atoms with Crippen LogP contribution in [0.15, 0.2) is 30.6 Å². The predicted octanol–water partition coefficient (Wildman–Crippen LogP) is 3.76. The number of imidazole rings is 1. The van der Waals surface area contributed by atoms with Crippen LogP contribution in [0.5, 0.6) is 0 Å². The molecule has 2 heterocycles. The quantitative estimate of drug-likeness (QED) is 0.568. The van der Waals surface area contributed by atoms with Gasteiger partial charge in [-0.05, 0) is 43.5 Å². The van der Waals surface area contributed by atoms with Crippen molar-refractivity contribution in [3.63, 3.8) is 0 Å². The number of carbonyl (C=O) groups is 1. The summed E-state index contributed by atoms with van der Waals surface area (Å²) in [5, 5.41) is 6.51. The zero-order valence-corrected chi connectivity index (χ0v) is 14.6. The Morgan fingerprint density at radius 3 is 2.64 bits per heavy atom. The van der Waals surface area contributed by atoms with E-state index in [0.717, 1.165) is 24.2 Å². The van der Waals surface area contributed by atoms with Crippen molar-refractivity contribution in [3.8, 4) is 0 Å². The van der Waals surface area contributed by atoms with Gasteiger partial charge >= 0.3 is 0 Å². The highest BCUT2D eigenvalue weighted by molar-refractivity contribution is 5.94. The Hall–Kier alpha value is -2.96. The monoisotopic (exact) mass is 338 g/mol. The number of anilines is 3. The molecule has 1 aromatic carbocycles. The third kappa shape index (κ3) is 4.12. The molecule has 0 unspecified atom stereocenters. The van der Waals surface area contributed by atoms with Gasteiger partial charge in [0, 0.05) is 17.8 Å². The van der Waals surface area contributed by atoms with E-state index in [0.29, 0.717) is 28.9 Å². The lowest BCUT2D eigenvalue weighted by atomic mass is 10.1. The van der Waals surface area contributed by atoms with Gasteiger partial charge in [0.05, 0.1) is 6.33 Å². The van der Waals surface area contributed by atoms with Gasteiger partial charge in [0.15, 0.2) is 17.2 Å². The van der Waals surface area contributed by atoms with Gasteiger partial charge in [0.25, 0.3) is 0 Å².